The average molecular weight is 342 g/mol. The zero-order valence-electron chi connectivity index (χ0n) is 13.8. The molecule has 1 aliphatic rings. The summed E-state index contributed by atoms with van der Waals surface area (Å²) in [5, 5.41) is 3.12. The van der Waals surface area contributed by atoms with Gasteiger partial charge in [0, 0.05) is 31.2 Å². The molecule has 1 aromatic heterocycles. The first kappa shape index (κ1) is 16.8. The molecule has 0 saturated carbocycles. The van der Waals surface area contributed by atoms with Crippen molar-refractivity contribution in [2.24, 2.45) is 5.92 Å². The number of piperidine rings is 1. The number of thioether (sulfide) groups is 1. The van der Waals surface area contributed by atoms with Gasteiger partial charge >= 0.3 is 0 Å². The van der Waals surface area contributed by atoms with Gasteiger partial charge in [0.05, 0.1) is 5.56 Å². The summed E-state index contributed by atoms with van der Waals surface area (Å²) in [5.74, 6) is 2.24. The van der Waals surface area contributed by atoms with Crippen LogP contribution in [0.4, 0.5) is 11.6 Å². The third kappa shape index (κ3) is 4.26. The minimum Gasteiger partial charge on any atom is -0.338 e. The molecule has 0 spiro atoms. The number of amides is 1. The van der Waals surface area contributed by atoms with E-state index in [1.807, 2.05) is 47.0 Å². The zero-order chi connectivity index (χ0) is 16.8. The maximum absolute atomic E-state index is 12.6. The molecule has 1 aromatic carbocycles. The number of carbonyl (C=O) groups is 1. The van der Waals surface area contributed by atoms with Gasteiger partial charge in [0.2, 0.25) is 5.95 Å². The molecule has 5 nitrogen and oxygen atoms in total. The van der Waals surface area contributed by atoms with Gasteiger partial charge in [0.15, 0.2) is 0 Å². The van der Waals surface area contributed by atoms with Gasteiger partial charge in [-0.05, 0) is 42.9 Å². The molecule has 1 atom stereocenters. The monoisotopic (exact) mass is 342 g/mol. The Hall–Kier alpha value is -2.08. The molecule has 0 bridgehead atoms. The Labute approximate surface area is 146 Å². The lowest BCUT2D eigenvalue weighted by Crippen LogP contribution is -2.40. The molecule has 24 heavy (non-hydrogen) atoms. The predicted molar refractivity (Wildman–Crippen MR) is 98.8 cm³/mol. The van der Waals surface area contributed by atoms with Gasteiger partial charge in [-0.25, -0.2) is 9.97 Å². The third-order valence-corrected chi connectivity index (χ3v) is 4.94. The smallest absolute Gasteiger partial charge is 0.257 e. The normalized spacial score (nSPS) is 17.5. The second-order valence-electron chi connectivity index (χ2n) is 6.00. The number of nitrogens with one attached hydrogen (secondary N) is 1. The first-order valence-corrected chi connectivity index (χ1v) is 9.58. The van der Waals surface area contributed by atoms with Gasteiger partial charge in [-0.2, -0.15) is 11.8 Å². The lowest BCUT2D eigenvalue weighted by molar-refractivity contribution is 0.0684. The number of nitrogens with zero attached hydrogens (tertiary/aromatic N) is 3. The Morgan fingerprint density at radius 2 is 2.04 bits per heavy atom. The van der Waals surface area contributed by atoms with Crippen molar-refractivity contribution in [3.63, 3.8) is 0 Å². The Morgan fingerprint density at radius 3 is 2.75 bits per heavy atom. The number of anilines is 2. The van der Waals surface area contributed by atoms with Crippen LogP contribution in [0.5, 0.6) is 0 Å². The van der Waals surface area contributed by atoms with E-state index in [1.165, 1.54) is 6.42 Å². The van der Waals surface area contributed by atoms with Crippen molar-refractivity contribution < 1.29 is 4.79 Å². The van der Waals surface area contributed by atoms with Crippen LogP contribution in [0.15, 0.2) is 42.7 Å². The summed E-state index contributed by atoms with van der Waals surface area (Å²) in [7, 11) is 0. The molecule has 3 rings (SSSR count). The van der Waals surface area contributed by atoms with Crippen molar-refractivity contribution in [2.75, 3.05) is 30.4 Å². The second-order valence-corrected chi connectivity index (χ2v) is 6.91. The summed E-state index contributed by atoms with van der Waals surface area (Å²) >= 11 is 1.85. The number of benzene rings is 1. The van der Waals surface area contributed by atoms with E-state index in [9.17, 15) is 4.79 Å². The number of rotatable bonds is 5. The van der Waals surface area contributed by atoms with E-state index in [4.69, 9.17) is 0 Å². The van der Waals surface area contributed by atoms with Crippen molar-refractivity contribution in [1.82, 2.24) is 14.9 Å². The summed E-state index contributed by atoms with van der Waals surface area (Å²) in [6.45, 7) is 1.66. The van der Waals surface area contributed by atoms with E-state index in [0.29, 0.717) is 17.4 Å². The van der Waals surface area contributed by atoms with Gasteiger partial charge in [-0.1, -0.05) is 18.2 Å². The highest BCUT2D eigenvalue weighted by Crippen LogP contribution is 2.21. The summed E-state index contributed by atoms with van der Waals surface area (Å²) in [5.41, 5.74) is 1.48. The second kappa shape index (κ2) is 8.15. The summed E-state index contributed by atoms with van der Waals surface area (Å²) < 4.78 is 0. The van der Waals surface area contributed by atoms with E-state index < -0.39 is 0 Å². The average Bonchev–Trinajstić information content (AvgIpc) is 2.63. The molecule has 1 fully saturated rings. The molecule has 1 saturated heterocycles. The molecule has 1 unspecified atom stereocenters. The zero-order valence-corrected chi connectivity index (χ0v) is 14.6. The first-order chi connectivity index (χ1) is 11.8. The molecule has 1 aliphatic heterocycles. The lowest BCUT2D eigenvalue weighted by Gasteiger charge is -2.32. The highest BCUT2D eigenvalue weighted by molar-refractivity contribution is 7.98. The topological polar surface area (TPSA) is 58.1 Å². The van der Waals surface area contributed by atoms with E-state index >= 15 is 0 Å². The Kier molecular flexibility index (Phi) is 5.69. The van der Waals surface area contributed by atoms with Crippen LogP contribution >= 0.6 is 11.8 Å². The Balaban J connectivity index is 1.63. The molecule has 0 aliphatic carbocycles. The molecule has 6 heteroatoms. The van der Waals surface area contributed by atoms with Crippen LogP contribution in [0.2, 0.25) is 0 Å². The van der Waals surface area contributed by atoms with Crippen LogP contribution in [-0.2, 0) is 0 Å². The van der Waals surface area contributed by atoms with Crippen molar-refractivity contribution in [3.05, 3.63) is 48.3 Å². The van der Waals surface area contributed by atoms with E-state index in [1.54, 1.807) is 12.4 Å². The number of carbonyl (C=O) groups excluding carboxylic acids is 1. The molecular formula is C18H22N4OS. The van der Waals surface area contributed by atoms with Crippen LogP contribution in [0.25, 0.3) is 0 Å². The van der Waals surface area contributed by atoms with Crippen LogP contribution < -0.4 is 5.32 Å². The number of aromatic nitrogens is 2. The van der Waals surface area contributed by atoms with Crippen molar-refractivity contribution >= 4 is 29.3 Å². The maximum Gasteiger partial charge on any atom is 0.257 e. The van der Waals surface area contributed by atoms with Crippen molar-refractivity contribution in [2.45, 2.75) is 12.8 Å². The highest BCUT2D eigenvalue weighted by Gasteiger charge is 2.24. The molecule has 126 valence electrons. The molecule has 2 aromatic rings. The van der Waals surface area contributed by atoms with E-state index in [2.05, 4.69) is 21.5 Å². The predicted octanol–water partition coefficient (Wildman–Crippen LogP) is 3.44. The van der Waals surface area contributed by atoms with Crippen LogP contribution in [0.1, 0.15) is 23.2 Å². The maximum atomic E-state index is 12.6. The number of hydrogen-bond donors (Lipinski definition) is 1. The number of likely N-dealkylation sites (tertiary alicyclic amines) is 1. The molecule has 2 heterocycles. The Bertz CT molecular complexity index is 660. The molecular weight excluding hydrogens is 320 g/mol. The third-order valence-electron chi connectivity index (χ3n) is 4.14. The standard InChI is InChI=1S/C18H22N4OS/c1-24-13-14-6-5-9-22(12-14)17(23)15-10-19-18(20-11-15)21-16-7-3-2-4-8-16/h2-4,7-8,10-11,14H,5-6,9,12-13H2,1H3,(H,19,20,21). The van der Waals surface area contributed by atoms with Gasteiger partial charge in [-0.3, -0.25) is 4.79 Å². The van der Waals surface area contributed by atoms with Crippen LogP contribution in [0, 0.1) is 5.92 Å². The summed E-state index contributed by atoms with van der Waals surface area (Å²) in [6, 6.07) is 9.74. The number of hydrogen-bond acceptors (Lipinski definition) is 5. The Morgan fingerprint density at radius 1 is 1.29 bits per heavy atom. The fraction of sp³-hybridized carbons (Fsp3) is 0.389. The van der Waals surface area contributed by atoms with Crippen LogP contribution in [-0.4, -0.2) is 45.9 Å². The molecule has 0 radical (unpaired) electrons. The van der Waals surface area contributed by atoms with Crippen LogP contribution in [0.3, 0.4) is 0 Å². The largest absolute Gasteiger partial charge is 0.338 e. The first-order valence-electron chi connectivity index (χ1n) is 8.18. The quantitative estimate of drug-likeness (QED) is 0.902. The molecule has 1 N–H and O–H groups in total. The highest BCUT2D eigenvalue weighted by atomic mass is 32.2. The molecule has 1 amide bonds. The van der Waals surface area contributed by atoms with Gasteiger partial charge in [-0.15, -0.1) is 0 Å². The van der Waals surface area contributed by atoms with E-state index in [0.717, 1.165) is 31.0 Å². The SMILES string of the molecule is CSCC1CCCN(C(=O)c2cnc(Nc3ccccc3)nc2)C1. The summed E-state index contributed by atoms with van der Waals surface area (Å²) in [4.78, 5) is 23.1. The van der Waals surface area contributed by atoms with Gasteiger partial charge in [0.1, 0.15) is 0 Å². The minimum absolute atomic E-state index is 0.0343. The fourth-order valence-corrected chi connectivity index (χ4v) is 3.70. The summed E-state index contributed by atoms with van der Waals surface area (Å²) in [6.07, 6.45) is 7.62. The van der Waals surface area contributed by atoms with E-state index in [-0.39, 0.29) is 5.91 Å². The van der Waals surface area contributed by atoms with Gasteiger partial charge in [0.25, 0.3) is 5.91 Å². The van der Waals surface area contributed by atoms with Gasteiger partial charge < -0.3 is 10.2 Å². The lowest BCUT2D eigenvalue weighted by atomic mass is 9.99. The minimum atomic E-state index is 0.0343. The number of para-hydroxylation sites is 1. The van der Waals surface area contributed by atoms with Crippen molar-refractivity contribution in [1.29, 1.82) is 0 Å². The van der Waals surface area contributed by atoms with Crippen molar-refractivity contribution in [3.8, 4) is 0 Å². The fourth-order valence-electron chi connectivity index (χ4n) is 2.96.